The first-order valence-electron chi connectivity index (χ1n) is 7.48. The van der Waals surface area contributed by atoms with E-state index >= 15 is 0 Å². The van der Waals surface area contributed by atoms with Gasteiger partial charge >= 0.3 is 0 Å². The van der Waals surface area contributed by atoms with E-state index < -0.39 is 8.32 Å². The molecule has 0 amide bonds. The lowest BCUT2D eigenvalue weighted by Crippen LogP contribution is -2.29. The Labute approximate surface area is 115 Å². The molecule has 0 rings (SSSR count). The molecule has 1 nitrogen and oxygen atoms in total. The molecule has 0 fully saturated rings. The Balaban J connectivity index is 3.20. The quantitative estimate of drug-likeness (QED) is 0.236. The summed E-state index contributed by atoms with van der Waals surface area (Å²) in [5.74, 6) is 0. The average molecular weight is 269 g/mol. The third-order valence-electron chi connectivity index (χ3n) is 3.18. The van der Waals surface area contributed by atoms with Crippen molar-refractivity contribution in [3.63, 3.8) is 0 Å². The minimum atomic E-state index is -1.42. The van der Waals surface area contributed by atoms with Crippen LogP contribution in [0.4, 0.5) is 0 Å². The van der Waals surface area contributed by atoms with E-state index in [1.54, 1.807) is 0 Å². The fourth-order valence-corrected chi connectivity index (χ4v) is 3.54. The van der Waals surface area contributed by atoms with E-state index in [1.807, 2.05) is 12.2 Å². The van der Waals surface area contributed by atoms with Crippen LogP contribution in [0.5, 0.6) is 0 Å². The van der Waals surface area contributed by atoms with Crippen LogP contribution < -0.4 is 0 Å². The molecule has 0 heterocycles. The molecule has 0 N–H and O–H groups in total. The van der Waals surface area contributed by atoms with E-state index in [0.29, 0.717) is 0 Å². The molecular weight excluding hydrogens is 236 g/mol. The van der Waals surface area contributed by atoms with Crippen molar-refractivity contribution in [2.45, 2.75) is 70.5 Å². The maximum absolute atomic E-state index is 5.99. The van der Waals surface area contributed by atoms with Crippen LogP contribution in [0.3, 0.4) is 0 Å². The second-order valence-electron chi connectivity index (χ2n) is 5.65. The fourth-order valence-electron chi connectivity index (χ4n) is 2.03. The summed E-state index contributed by atoms with van der Waals surface area (Å²) in [6, 6.07) is 1.07. The Kier molecular flexibility index (Phi) is 11.5. The summed E-state index contributed by atoms with van der Waals surface area (Å²) in [6.07, 6.45) is 14.5. The Morgan fingerprint density at radius 1 is 0.833 bits per heavy atom. The summed E-state index contributed by atoms with van der Waals surface area (Å²) in [5.41, 5.74) is 0. The predicted molar refractivity (Wildman–Crippen MR) is 85.6 cm³/mol. The van der Waals surface area contributed by atoms with Crippen molar-refractivity contribution in [2.24, 2.45) is 0 Å². The van der Waals surface area contributed by atoms with E-state index in [4.69, 9.17) is 4.43 Å². The molecule has 0 aliphatic heterocycles. The monoisotopic (exact) mass is 268 g/mol. The zero-order valence-corrected chi connectivity index (χ0v) is 13.5. The first-order valence-corrected chi connectivity index (χ1v) is 10.6. The predicted octanol–water partition coefficient (Wildman–Crippen LogP) is 5.70. The van der Waals surface area contributed by atoms with Crippen LogP contribution in [0.1, 0.15) is 51.4 Å². The van der Waals surface area contributed by atoms with Gasteiger partial charge in [0.2, 0.25) is 0 Å². The topological polar surface area (TPSA) is 9.23 Å². The van der Waals surface area contributed by atoms with Crippen LogP contribution in [0.15, 0.2) is 25.3 Å². The van der Waals surface area contributed by atoms with Gasteiger partial charge in [0.25, 0.3) is 0 Å². The van der Waals surface area contributed by atoms with E-state index in [-0.39, 0.29) is 0 Å². The molecule has 0 spiro atoms. The average Bonchev–Trinajstić information content (AvgIpc) is 2.31. The molecule has 0 aromatic heterocycles. The van der Waals surface area contributed by atoms with Crippen LogP contribution in [-0.4, -0.2) is 14.9 Å². The molecule has 0 saturated carbocycles. The van der Waals surface area contributed by atoms with Gasteiger partial charge in [0.1, 0.15) is 0 Å². The second kappa shape index (κ2) is 11.7. The molecular formula is C16H32OSi. The maximum atomic E-state index is 5.99. The largest absolute Gasteiger partial charge is 0.417 e. The fraction of sp³-hybridized carbons (Fsp3) is 0.750. The van der Waals surface area contributed by atoms with E-state index in [9.17, 15) is 0 Å². The highest BCUT2D eigenvalue weighted by Crippen LogP contribution is 2.13. The first kappa shape index (κ1) is 17.7. The highest BCUT2D eigenvalue weighted by Gasteiger charge is 2.19. The minimum Gasteiger partial charge on any atom is -0.417 e. The Morgan fingerprint density at radius 3 is 1.94 bits per heavy atom. The maximum Gasteiger partial charge on any atom is 0.190 e. The zero-order valence-electron chi connectivity index (χ0n) is 12.5. The van der Waals surface area contributed by atoms with Gasteiger partial charge < -0.3 is 4.43 Å². The van der Waals surface area contributed by atoms with Crippen molar-refractivity contribution >= 4 is 8.32 Å². The van der Waals surface area contributed by atoms with Gasteiger partial charge in [-0.2, -0.15) is 0 Å². The van der Waals surface area contributed by atoms with E-state index in [2.05, 4.69) is 26.3 Å². The van der Waals surface area contributed by atoms with Gasteiger partial charge in [-0.05, 0) is 38.4 Å². The Morgan fingerprint density at radius 2 is 1.39 bits per heavy atom. The molecule has 0 aromatic rings. The molecule has 2 heteroatoms. The number of unbranched alkanes of at least 4 members (excludes halogenated alkanes) is 7. The van der Waals surface area contributed by atoms with E-state index in [0.717, 1.165) is 12.7 Å². The van der Waals surface area contributed by atoms with Crippen molar-refractivity contribution in [1.82, 2.24) is 0 Å². The molecule has 0 unspecified atom stereocenters. The summed E-state index contributed by atoms with van der Waals surface area (Å²) in [6.45, 7) is 13.0. The van der Waals surface area contributed by atoms with Gasteiger partial charge in [-0.25, -0.2) is 0 Å². The lowest BCUT2D eigenvalue weighted by atomic mass is 10.1. The third-order valence-corrected chi connectivity index (χ3v) is 5.44. The van der Waals surface area contributed by atoms with Gasteiger partial charge in [-0.1, -0.05) is 44.3 Å². The van der Waals surface area contributed by atoms with Crippen molar-refractivity contribution < 1.29 is 4.43 Å². The third kappa shape index (κ3) is 12.1. The van der Waals surface area contributed by atoms with Gasteiger partial charge in [0.15, 0.2) is 8.32 Å². The molecule has 0 saturated heterocycles. The number of hydrogen-bond donors (Lipinski definition) is 0. The lowest BCUT2D eigenvalue weighted by Gasteiger charge is -2.20. The molecule has 0 aromatic carbocycles. The van der Waals surface area contributed by atoms with E-state index in [1.165, 1.54) is 51.4 Å². The summed E-state index contributed by atoms with van der Waals surface area (Å²) < 4.78 is 5.99. The van der Waals surface area contributed by atoms with Crippen LogP contribution in [0, 0.1) is 0 Å². The summed E-state index contributed by atoms with van der Waals surface area (Å²) in [7, 11) is -1.42. The highest BCUT2D eigenvalue weighted by atomic mass is 28.4. The van der Waals surface area contributed by atoms with Crippen molar-refractivity contribution in [1.29, 1.82) is 0 Å². The summed E-state index contributed by atoms with van der Waals surface area (Å²) in [5, 5.41) is 0. The molecule has 0 aliphatic rings. The smallest absolute Gasteiger partial charge is 0.190 e. The Hall–Kier alpha value is -0.343. The second-order valence-corrected chi connectivity index (χ2v) is 9.87. The molecule has 0 radical (unpaired) electrons. The minimum absolute atomic E-state index is 0.948. The molecule has 0 aliphatic carbocycles. The normalized spacial score (nSPS) is 11.4. The number of hydrogen-bond acceptors (Lipinski definition) is 1. The summed E-state index contributed by atoms with van der Waals surface area (Å²) >= 11 is 0. The highest BCUT2D eigenvalue weighted by molar-refractivity contribution is 6.71. The zero-order chi connectivity index (χ0) is 13.7. The number of rotatable bonds is 13. The van der Waals surface area contributed by atoms with Crippen LogP contribution in [0.25, 0.3) is 0 Å². The first-order chi connectivity index (χ1) is 8.62. The molecule has 18 heavy (non-hydrogen) atoms. The summed E-state index contributed by atoms with van der Waals surface area (Å²) in [4.78, 5) is 0. The van der Waals surface area contributed by atoms with Crippen molar-refractivity contribution in [2.75, 3.05) is 6.61 Å². The van der Waals surface area contributed by atoms with Gasteiger partial charge in [0, 0.05) is 6.61 Å². The Bertz CT molecular complexity index is 211. The van der Waals surface area contributed by atoms with Crippen molar-refractivity contribution in [3.05, 3.63) is 25.3 Å². The van der Waals surface area contributed by atoms with Crippen LogP contribution in [0.2, 0.25) is 19.1 Å². The standard InChI is InChI=1S/C16H32OSi/c1-5-7-8-9-10-11-12-13-14-15-17-18(3,4)16-6-2/h5-6H,1-2,7-16H2,3-4H3. The number of allylic oxidation sites excluding steroid dienone is 2. The van der Waals surface area contributed by atoms with Gasteiger partial charge in [0.05, 0.1) is 0 Å². The SMILES string of the molecule is C=CCCCCCCCCCO[Si](C)(C)CC=C. The van der Waals surface area contributed by atoms with Crippen LogP contribution in [-0.2, 0) is 4.43 Å². The van der Waals surface area contributed by atoms with Crippen LogP contribution >= 0.6 is 0 Å². The lowest BCUT2D eigenvalue weighted by molar-refractivity contribution is 0.296. The van der Waals surface area contributed by atoms with Gasteiger partial charge in [-0.3, -0.25) is 0 Å². The molecule has 0 bridgehead atoms. The van der Waals surface area contributed by atoms with Gasteiger partial charge in [-0.15, -0.1) is 13.2 Å². The molecule has 0 atom stereocenters. The molecule has 106 valence electrons. The van der Waals surface area contributed by atoms with Crippen molar-refractivity contribution in [3.8, 4) is 0 Å².